The van der Waals surface area contributed by atoms with Crippen LogP contribution in [-0.2, 0) is 17.9 Å². The van der Waals surface area contributed by atoms with Gasteiger partial charge < -0.3 is 5.32 Å². The molecule has 102 valence electrons. The highest BCUT2D eigenvalue weighted by Crippen LogP contribution is 2.22. The lowest BCUT2D eigenvalue weighted by Crippen LogP contribution is -2.29. The fraction of sp³-hybridized carbons (Fsp3) is 0.188. The Kier molecular flexibility index (Phi) is 3.85. The molecular weight excluding hydrogens is 316 g/mol. The van der Waals surface area contributed by atoms with E-state index in [4.69, 9.17) is 0 Å². The third-order valence-corrected chi connectivity index (χ3v) is 3.88. The third-order valence-electron chi connectivity index (χ3n) is 3.38. The van der Waals surface area contributed by atoms with Gasteiger partial charge in [-0.25, -0.2) is 0 Å². The number of hydrogen-bond donors (Lipinski definition) is 1. The molecule has 20 heavy (non-hydrogen) atoms. The minimum Gasteiger partial charge on any atom is -0.325 e. The van der Waals surface area contributed by atoms with E-state index >= 15 is 0 Å². The van der Waals surface area contributed by atoms with Crippen LogP contribution in [0.5, 0.6) is 0 Å². The second-order valence-electron chi connectivity index (χ2n) is 4.97. The monoisotopic (exact) mass is 330 g/mol. The van der Waals surface area contributed by atoms with Crippen molar-refractivity contribution in [3.63, 3.8) is 0 Å². The smallest absolute Gasteiger partial charge is 0.238 e. The Morgan fingerprint density at radius 1 is 1.10 bits per heavy atom. The molecule has 0 aromatic heterocycles. The standard InChI is InChI=1S/C16H15BrN2O/c17-14-6-3-7-15(8-14)18-16(20)11-19-9-12-4-1-2-5-13(12)10-19/h1-8H,9-11H2,(H,18,20). The summed E-state index contributed by atoms with van der Waals surface area (Å²) in [5.74, 6) is 0.0240. The van der Waals surface area contributed by atoms with Crippen LogP contribution in [0, 0.1) is 0 Å². The summed E-state index contributed by atoms with van der Waals surface area (Å²) in [6, 6.07) is 16.0. The summed E-state index contributed by atoms with van der Waals surface area (Å²) in [5, 5.41) is 2.93. The molecule has 1 heterocycles. The van der Waals surface area contributed by atoms with Crippen molar-refractivity contribution in [1.29, 1.82) is 0 Å². The maximum absolute atomic E-state index is 12.1. The van der Waals surface area contributed by atoms with Crippen LogP contribution < -0.4 is 5.32 Å². The molecule has 2 aromatic rings. The SMILES string of the molecule is O=C(CN1Cc2ccccc2C1)Nc1cccc(Br)c1. The van der Waals surface area contributed by atoms with Crippen LogP contribution in [-0.4, -0.2) is 17.4 Å². The number of nitrogens with one attached hydrogen (secondary N) is 1. The van der Waals surface area contributed by atoms with Crippen molar-refractivity contribution >= 4 is 27.5 Å². The van der Waals surface area contributed by atoms with Gasteiger partial charge in [-0.15, -0.1) is 0 Å². The Hall–Kier alpha value is -1.65. The van der Waals surface area contributed by atoms with E-state index in [0.29, 0.717) is 6.54 Å². The van der Waals surface area contributed by atoms with Gasteiger partial charge in [-0.3, -0.25) is 9.69 Å². The van der Waals surface area contributed by atoms with Crippen molar-refractivity contribution in [1.82, 2.24) is 4.90 Å². The maximum Gasteiger partial charge on any atom is 0.238 e. The number of halogens is 1. The number of benzene rings is 2. The molecule has 0 radical (unpaired) electrons. The maximum atomic E-state index is 12.1. The fourth-order valence-corrected chi connectivity index (χ4v) is 2.88. The summed E-state index contributed by atoms with van der Waals surface area (Å²) in [6.07, 6.45) is 0. The fourth-order valence-electron chi connectivity index (χ4n) is 2.49. The molecule has 4 heteroatoms. The lowest BCUT2D eigenvalue weighted by atomic mass is 10.1. The predicted molar refractivity (Wildman–Crippen MR) is 83.3 cm³/mol. The molecule has 0 bridgehead atoms. The number of carbonyl (C=O) groups is 1. The third kappa shape index (κ3) is 3.08. The molecule has 0 fully saturated rings. The van der Waals surface area contributed by atoms with Gasteiger partial charge in [-0.1, -0.05) is 46.3 Å². The second-order valence-corrected chi connectivity index (χ2v) is 5.89. The van der Waals surface area contributed by atoms with Gasteiger partial charge in [0, 0.05) is 23.2 Å². The first kappa shape index (κ1) is 13.3. The summed E-state index contributed by atoms with van der Waals surface area (Å²) in [5.41, 5.74) is 3.46. The van der Waals surface area contributed by atoms with Gasteiger partial charge in [-0.05, 0) is 29.3 Å². The molecule has 1 amide bonds. The minimum absolute atomic E-state index is 0.0240. The topological polar surface area (TPSA) is 32.3 Å². The molecule has 1 aliphatic heterocycles. The first-order chi connectivity index (χ1) is 9.70. The highest BCUT2D eigenvalue weighted by Gasteiger charge is 2.20. The number of amides is 1. The van der Waals surface area contributed by atoms with Crippen LogP contribution in [0.1, 0.15) is 11.1 Å². The van der Waals surface area contributed by atoms with E-state index in [9.17, 15) is 4.79 Å². The number of carbonyl (C=O) groups excluding carboxylic acids is 1. The van der Waals surface area contributed by atoms with Crippen LogP contribution in [0.2, 0.25) is 0 Å². The zero-order valence-electron chi connectivity index (χ0n) is 11.0. The molecule has 2 aromatic carbocycles. The van der Waals surface area contributed by atoms with Crippen molar-refractivity contribution in [2.75, 3.05) is 11.9 Å². The molecular formula is C16H15BrN2O. The summed E-state index contributed by atoms with van der Waals surface area (Å²) in [7, 11) is 0. The summed E-state index contributed by atoms with van der Waals surface area (Å²) >= 11 is 3.40. The van der Waals surface area contributed by atoms with Gasteiger partial charge in [-0.2, -0.15) is 0 Å². The quantitative estimate of drug-likeness (QED) is 0.935. The predicted octanol–water partition coefficient (Wildman–Crippen LogP) is 3.40. The molecule has 3 rings (SSSR count). The van der Waals surface area contributed by atoms with Crippen molar-refractivity contribution in [3.8, 4) is 0 Å². The van der Waals surface area contributed by atoms with Crippen molar-refractivity contribution in [2.45, 2.75) is 13.1 Å². The van der Waals surface area contributed by atoms with E-state index in [1.165, 1.54) is 11.1 Å². The first-order valence-electron chi connectivity index (χ1n) is 6.55. The zero-order valence-corrected chi connectivity index (χ0v) is 12.6. The van der Waals surface area contributed by atoms with Gasteiger partial charge in [0.15, 0.2) is 0 Å². The molecule has 0 aliphatic carbocycles. The molecule has 0 saturated carbocycles. The molecule has 0 atom stereocenters. The second kappa shape index (κ2) is 5.77. The number of nitrogens with zero attached hydrogens (tertiary/aromatic N) is 1. The lowest BCUT2D eigenvalue weighted by Gasteiger charge is -2.14. The number of hydrogen-bond acceptors (Lipinski definition) is 2. The van der Waals surface area contributed by atoms with E-state index in [-0.39, 0.29) is 5.91 Å². The van der Waals surface area contributed by atoms with Crippen LogP contribution in [0.3, 0.4) is 0 Å². The lowest BCUT2D eigenvalue weighted by molar-refractivity contribution is -0.117. The number of fused-ring (bicyclic) bond motifs is 1. The van der Waals surface area contributed by atoms with Gasteiger partial charge in [0.1, 0.15) is 0 Å². The van der Waals surface area contributed by atoms with Crippen LogP contribution >= 0.6 is 15.9 Å². The Labute approximate surface area is 126 Å². The van der Waals surface area contributed by atoms with Crippen LogP contribution in [0.4, 0.5) is 5.69 Å². The highest BCUT2D eigenvalue weighted by molar-refractivity contribution is 9.10. The number of rotatable bonds is 3. The van der Waals surface area contributed by atoms with Crippen LogP contribution in [0.15, 0.2) is 53.0 Å². The van der Waals surface area contributed by atoms with Gasteiger partial charge in [0.2, 0.25) is 5.91 Å². The molecule has 0 saturated heterocycles. The molecule has 3 nitrogen and oxygen atoms in total. The Bertz CT molecular complexity index is 617. The van der Waals surface area contributed by atoms with Gasteiger partial charge in [0.05, 0.1) is 6.54 Å². The number of anilines is 1. The van der Waals surface area contributed by atoms with Gasteiger partial charge in [0.25, 0.3) is 0 Å². The first-order valence-corrected chi connectivity index (χ1v) is 7.34. The minimum atomic E-state index is 0.0240. The van der Waals surface area contributed by atoms with Crippen molar-refractivity contribution < 1.29 is 4.79 Å². The van der Waals surface area contributed by atoms with Crippen molar-refractivity contribution in [3.05, 3.63) is 64.1 Å². The molecule has 0 unspecified atom stereocenters. The Balaban J connectivity index is 1.58. The summed E-state index contributed by atoms with van der Waals surface area (Å²) in [6.45, 7) is 2.12. The van der Waals surface area contributed by atoms with E-state index in [1.807, 2.05) is 36.4 Å². The van der Waals surface area contributed by atoms with Gasteiger partial charge >= 0.3 is 0 Å². The average Bonchev–Trinajstić information content (AvgIpc) is 2.80. The largest absolute Gasteiger partial charge is 0.325 e. The summed E-state index contributed by atoms with van der Waals surface area (Å²) in [4.78, 5) is 14.2. The molecule has 1 aliphatic rings. The van der Waals surface area contributed by atoms with Crippen molar-refractivity contribution in [2.24, 2.45) is 0 Å². The van der Waals surface area contributed by atoms with E-state index < -0.39 is 0 Å². The molecule has 0 spiro atoms. The average molecular weight is 331 g/mol. The van der Waals surface area contributed by atoms with E-state index in [1.54, 1.807) is 0 Å². The zero-order chi connectivity index (χ0) is 13.9. The summed E-state index contributed by atoms with van der Waals surface area (Å²) < 4.78 is 0.962. The normalized spacial score (nSPS) is 14.1. The molecule has 1 N–H and O–H groups in total. The van der Waals surface area contributed by atoms with E-state index in [0.717, 1.165) is 23.2 Å². The van der Waals surface area contributed by atoms with Crippen LogP contribution in [0.25, 0.3) is 0 Å². The Morgan fingerprint density at radius 3 is 2.45 bits per heavy atom. The Morgan fingerprint density at radius 2 is 1.80 bits per heavy atom. The highest BCUT2D eigenvalue weighted by atomic mass is 79.9. The van der Waals surface area contributed by atoms with E-state index in [2.05, 4.69) is 38.3 Å².